The Morgan fingerprint density at radius 2 is 1.76 bits per heavy atom. The number of rotatable bonds is 8. The van der Waals surface area contributed by atoms with E-state index in [4.69, 9.17) is 4.98 Å². The average molecular weight is 414 g/mol. The molecule has 0 aliphatic rings. The molecule has 1 aromatic heterocycles. The van der Waals surface area contributed by atoms with E-state index in [0.717, 1.165) is 40.5 Å². The molecule has 0 aliphatic carbocycles. The fourth-order valence-corrected chi connectivity index (χ4v) is 4.52. The highest BCUT2D eigenvalue weighted by atomic mass is 32.1. The van der Waals surface area contributed by atoms with Crippen LogP contribution < -0.4 is 4.90 Å². The van der Waals surface area contributed by atoms with Gasteiger partial charge in [0.25, 0.3) is 0 Å². The third-order valence-corrected chi connectivity index (χ3v) is 6.37. The van der Waals surface area contributed by atoms with E-state index in [1.54, 1.807) is 28.4 Å². The molecule has 3 rings (SSSR count). The number of aryl methyl sites for hydroxylation is 2. The lowest BCUT2D eigenvalue weighted by molar-refractivity contribution is -0.118. The molecule has 0 radical (unpaired) electrons. The standard InChI is InChI=1S/C23H28FN3OS/c1-5-26(6-2)11-12-27(21(28)15-18-7-9-19(24)10-8-18)23-25-20-14-16(3)13-17(4)22(20)29-23/h7-10,13-14H,5-6,11-12,15H2,1-4H3. The number of anilines is 1. The van der Waals surface area contributed by atoms with Crippen LogP contribution in [0.3, 0.4) is 0 Å². The lowest BCUT2D eigenvalue weighted by Crippen LogP contribution is -2.39. The third-order valence-electron chi connectivity index (χ3n) is 5.14. The smallest absolute Gasteiger partial charge is 0.233 e. The van der Waals surface area contributed by atoms with Crippen LogP contribution in [-0.4, -0.2) is 42.0 Å². The van der Waals surface area contributed by atoms with E-state index in [0.29, 0.717) is 6.54 Å². The van der Waals surface area contributed by atoms with E-state index in [-0.39, 0.29) is 18.1 Å². The number of benzene rings is 2. The molecule has 6 heteroatoms. The van der Waals surface area contributed by atoms with E-state index in [1.807, 2.05) is 0 Å². The van der Waals surface area contributed by atoms with Gasteiger partial charge in [0.1, 0.15) is 5.82 Å². The molecular weight excluding hydrogens is 385 g/mol. The van der Waals surface area contributed by atoms with Crippen LogP contribution in [0.5, 0.6) is 0 Å². The van der Waals surface area contributed by atoms with Gasteiger partial charge in [0.15, 0.2) is 5.13 Å². The number of carbonyl (C=O) groups is 1. The highest BCUT2D eigenvalue weighted by molar-refractivity contribution is 7.22. The van der Waals surface area contributed by atoms with E-state index in [9.17, 15) is 9.18 Å². The molecule has 0 unspecified atom stereocenters. The van der Waals surface area contributed by atoms with Crippen molar-refractivity contribution in [3.05, 3.63) is 58.9 Å². The second-order valence-electron chi connectivity index (χ2n) is 7.30. The van der Waals surface area contributed by atoms with Crippen LogP contribution in [0, 0.1) is 19.7 Å². The van der Waals surface area contributed by atoms with Crippen LogP contribution in [0.4, 0.5) is 9.52 Å². The monoisotopic (exact) mass is 413 g/mol. The van der Waals surface area contributed by atoms with Crippen molar-refractivity contribution in [2.24, 2.45) is 0 Å². The van der Waals surface area contributed by atoms with Crippen molar-refractivity contribution >= 4 is 32.6 Å². The van der Waals surface area contributed by atoms with Crippen LogP contribution in [0.2, 0.25) is 0 Å². The first-order chi connectivity index (χ1) is 13.9. The van der Waals surface area contributed by atoms with E-state index < -0.39 is 0 Å². The van der Waals surface area contributed by atoms with Crippen molar-refractivity contribution in [3.8, 4) is 0 Å². The summed E-state index contributed by atoms with van der Waals surface area (Å²) < 4.78 is 14.3. The minimum absolute atomic E-state index is 0.0165. The van der Waals surface area contributed by atoms with E-state index in [2.05, 4.69) is 44.7 Å². The Morgan fingerprint density at radius 3 is 2.41 bits per heavy atom. The van der Waals surface area contributed by atoms with Crippen molar-refractivity contribution in [1.82, 2.24) is 9.88 Å². The maximum atomic E-state index is 13.2. The highest BCUT2D eigenvalue weighted by Crippen LogP contribution is 2.32. The number of amides is 1. The second-order valence-corrected chi connectivity index (χ2v) is 8.28. The Bertz CT molecular complexity index is 980. The number of thiazole rings is 1. The largest absolute Gasteiger partial charge is 0.302 e. The van der Waals surface area contributed by atoms with Crippen molar-refractivity contribution in [1.29, 1.82) is 0 Å². The average Bonchev–Trinajstić information content (AvgIpc) is 3.11. The summed E-state index contributed by atoms with van der Waals surface area (Å²) in [7, 11) is 0. The van der Waals surface area contributed by atoms with Gasteiger partial charge >= 0.3 is 0 Å². The number of carbonyl (C=O) groups excluding carboxylic acids is 1. The minimum atomic E-state index is -0.295. The van der Waals surface area contributed by atoms with Gasteiger partial charge in [0.05, 0.1) is 16.6 Å². The Labute approximate surface area is 176 Å². The molecular formula is C23H28FN3OS. The lowest BCUT2D eigenvalue weighted by Gasteiger charge is -2.24. The fraction of sp³-hybridized carbons (Fsp3) is 0.391. The molecule has 3 aromatic rings. The van der Waals surface area contributed by atoms with Crippen molar-refractivity contribution in [2.75, 3.05) is 31.1 Å². The normalized spacial score (nSPS) is 11.4. The van der Waals surface area contributed by atoms with Crippen LogP contribution in [0.1, 0.15) is 30.5 Å². The number of halogens is 1. The molecule has 1 amide bonds. The molecule has 0 saturated carbocycles. The number of fused-ring (bicyclic) bond motifs is 1. The summed E-state index contributed by atoms with van der Waals surface area (Å²) in [5, 5.41) is 0.730. The Hall–Kier alpha value is -2.31. The third kappa shape index (κ3) is 5.19. The topological polar surface area (TPSA) is 36.4 Å². The quantitative estimate of drug-likeness (QED) is 0.523. The Kier molecular flexibility index (Phi) is 6.98. The summed E-state index contributed by atoms with van der Waals surface area (Å²) >= 11 is 1.56. The predicted molar refractivity (Wildman–Crippen MR) is 119 cm³/mol. The summed E-state index contributed by atoms with van der Waals surface area (Å²) in [6, 6.07) is 10.3. The number of hydrogen-bond acceptors (Lipinski definition) is 4. The molecule has 29 heavy (non-hydrogen) atoms. The molecule has 4 nitrogen and oxygen atoms in total. The molecule has 0 bridgehead atoms. The number of nitrogens with zero attached hydrogens (tertiary/aromatic N) is 3. The minimum Gasteiger partial charge on any atom is -0.302 e. The molecule has 0 saturated heterocycles. The van der Waals surface area contributed by atoms with Crippen molar-refractivity contribution < 1.29 is 9.18 Å². The summed E-state index contributed by atoms with van der Waals surface area (Å²) in [6.45, 7) is 11.6. The zero-order valence-electron chi connectivity index (χ0n) is 17.5. The number of likely N-dealkylation sites (N-methyl/N-ethyl adjacent to an activating group) is 1. The summed E-state index contributed by atoms with van der Waals surface area (Å²) in [4.78, 5) is 22.1. The molecule has 0 fully saturated rings. The first-order valence-corrected chi connectivity index (χ1v) is 10.9. The summed E-state index contributed by atoms with van der Waals surface area (Å²) in [5.74, 6) is -0.311. The lowest BCUT2D eigenvalue weighted by atomic mass is 10.1. The van der Waals surface area contributed by atoms with Gasteiger partial charge < -0.3 is 4.90 Å². The van der Waals surface area contributed by atoms with Gasteiger partial charge in [0, 0.05) is 13.1 Å². The Balaban J connectivity index is 1.90. The van der Waals surface area contributed by atoms with Gasteiger partial charge in [-0.15, -0.1) is 0 Å². The Morgan fingerprint density at radius 1 is 1.07 bits per heavy atom. The van der Waals surface area contributed by atoms with Gasteiger partial charge in [-0.3, -0.25) is 9.69 Å². The van der Waals surface area contributed by atoms with E-state index >= 15 is 0 Å². The zero-order valence-corrected chi connectivity index (χ0v) is 18.4. The van der Waals surface area contributed by atoms with Crippen molar-refractivity contribution in [3.63, 3.8) is 0 Å². The summed E-state index contributed by atoms with van der Waals surface area (Å²) in [6.07, 6.45) is 0.229. The number of hydrogen-bond donors (Lipinski definition) is 0. The SMILES string of the molecule is CCN(CC)CCN(C(=O)Cc1ccc(F)cc1)c1nc2cc(C)cc(C)c2s1. The molecule has 0 atom stereocenters. The van der Waals surface area contributed by atoms with Gasteiger partial charge in [-0.25, -0.2) is 9.37 Å². The predicted octanol–water partition coefficient (Wildman–Crippen LogP) is 4.97. The first-order valence-electron chi connectivity index (χ1n) is 10.1. The molecule has 0 N–H and O–H groups in total. The van der Waals surface area contributed by atoms with E-state index in [1.165, 1.54) is 23.3 Å². The zero-order chi connectivity index (χ0) is 21.0. The number of aromatic nitrogens is 1. The van der Waals surface area contributed by atoms with Gasteiger partial charge in [0.2, 0.25) is 5.91 Å². The van der Waals surface area contributed by atoms with Crippen molar-refractivity contribution in [2.45, 2.75) is 34.1 Å². The molecule has 2 aromatic carbocycles. The van der Waals surface area contributed by atoms with Gasteiger partial charge in [-0.05, 0) is 61.8 Å². The highest BCUT2D eigenvalue weighted by Gasteiger charge is 2.21. The second kappa shape index (κ2) is 9.46. The summed E-state index contributed by atoms with van der Waals surface area (Å²) in [5.41, 5.74) is 4.08. The fourth-order valence-electron chi connectivity index (χ4n) is 3.46. The maximum Gasteiger partial charge on any atom is 0.233 e. The van der Waals surface area contributed by atoms with Crippen LogP contribution in [-0.2, 0) is 11.2 Å². The van der Waals surface area contributed by atoms with Gasteiger partial charge in [-0.1, -0.05) is 43.4 Å². The van der Waals surface area contributed by atoms with Crippen LogP contribution in [0.15, 0.2) is 36.4 Å². The van der Waals surface area contributed by atoms with Crippen LogP contribution in [0.25, 0.3) is 10.2 Å². The van der Waals surface area contributed by atoms with Gasteiger partial charge in [-0.2, -0.15) is 0 Å². The first kappa shape index (κ1) is 21.4. The maximum absolute atomic E-state index is 13.2. The molecule has 0 spiro atoms. The van der Waals surface area contributed by atoms with Crippen LogP contribution >= 0.6 is 11.3 Å². The molecule has 0 aliphatic heterocycles. The molecule has 154 valence electrons. The molecule has 1 heterocycles.